The van der Waals surface area contributed by atoms with Crippen molar-refractivity contribution in [3.05, 3.63) is 102 Å². The first-order valence-electron chi connectivity index (χ1n) is 11.2. The molecule has 0 spiro atoms. The molecule has 186 valence electrons. The van der Waals surface area contributed by atoms with E-state index < -0.39 is 23.1 Å². The molecule has 0 saturated carbocycles. The summed E-state index contributed by atoms with van der Waals surface area (Å²) in [6, 6.07) is 22.8. The molecule has 0 aliphatic heterocycles. The van der Waals surface area contributed by atoms with E-state index in [-0.39, 0.29) is 22.6 Å². The highest BCUT2D eigenvalue weighted by Crippen LogP contribution is 2.28. The molecule has 9 heteroatoms. The molecule has 1 atom stereocenters. The van der Waals surface area contributed by atoms with E-state index in [0.717, 1.165) is 4.90 Å². The van der Waals surface area contributed by atoms with Gasteiger partial charge in [0.25, 0.3) is 5.91 Å². The van der Waals surface area contributed by atoms with Crippen molar-refractivity contribution in [1.29, 1.82) is 0 Å². The van der Waals surface area contributed by atoms with Crippen LogP contribution in [0.25, 0.3) is 10.8 Å². The van der Waals surface area contributed by atoms with Gasteiger partial charge in [-0.25, -0.2) is 9.59 Å². The fourth-order valence-electron chi connectivity index (χ4n) is 3.79. The fourth-order valence-corrected chi connectivity index (χ4v) is 4.71. The van der Waals surface area contributed by atoms with Gasteiger partial charge in [-0.1, -0.05) is 36.4 Å². The number of benzene rings is 4. The van der Waals surface area contributed by atoms with Crippen LogP contribution in [0, 0.1) is 0 Å². The standard InChI is InChI=1S/C28H22N2O6S/c1-16(25(31)29-19-9-2-8-18(14-19)27(33)34)37-21-11-5-10-20(15-21)30-26(32)22-12-3-6-17-7-4-13-23(24(17)22)28(35)36/h2-16H,1H3,(H,29,31)(H,30,32)(H,33,34)(H,35,36). The first-order chi connectivity index (χ1) is 17.7. The molecule has 4 N–H and O–H groups in total. The van der Waals surface area contributed by atoms with Crippen molar-refractivity contribution < 1.29 is 29.4 Å². The summed E-state index contributed by atoms with van der Waals surface area (Å²) in [7, 11) is 0. The van der Waals surface area contributed by atoms with Gasteiger partial charge in [0.15, 0.2) is 0 Å². The van der Waals surface area contributed by atoms with Crippen LogP contribution in [0.2, 0.25) is 0 Å². The van der Waals surface area contributed by atoms with E-state index in [9.17, 15) is 24.3 Å². The van der Waals surface area contributed by atoms with Crippen LogP contribution < -0.4 is 10.6 Å². The second-order valence-corrected chi connectivity index (χ2v) is 9.55. The highest BCUT2D eigenvalue weighted by atomic mass is 32.2. The quantitative estimate of drug-likeness (QED) is 0.225. The van der Waals surface area contributed by atoms with Gasteiger partial charge in [0, 0.05) is 27.2 Å². The zero-order valence-corrected chi connectivity index (χ0v) is 20.4. The number of hydrogen-bond donors (Lipinski definition) is 4. The molecule has 1 unspecified atom stereocenters. The Labute approximate surface area is 216 Å². The Morgan fingerprint density at radius 3 is 2.03 bits per heavy atom. The van der Waals surface area contributed by atoms with Crippen LogP contribution in [0.5, 0.6) is 0 Å². The number of anilines is 2. The van der Waals surface area contributed by atoms with Crippen molar-refractivity contribution in [2.24, 2.45) is 0 Å². The van der Waals surface area contributed by atoms with Gasteiger partial charge in [0.1, 0.15) is 0 Å². The van der Waals surface area contributed by atoms with Crippen LogP contribution in [0.3, 0.4) is 0 Å². The van der Waals surface area contributed by atoms with E-state index in [1.165, 1.54) is 30.0 Å². The molecular formula is C28H22N2O6S. The number of fused-ring (bicyclic) bond motifs is 1. The Hall–Kier alpha value is -4.63. The second-order valence-electron chi connectivity index (χ2n) is 8.13. The van der Waals surface area contributed by atoms with Crippen molar-refractivity contribution in [2.45, 2.75) is 17.1 Å². The molecule has 0 saturated heterocycles. The SMILES string of the molecule is CC(Sc1cccc(NC(=O)c2cccc3cccc(C(=O)O)c23)c1)C(=O)Nc1cccc(C(=O)O)c1. The summed E-state index contributed by atoms with van der Waals surface area (Å²) in [6.45, 7) is 1.72. The molecular weight excluding hydrogens is 492 g/mol. The number of aromatic carboxylic acids is 2. The molecule has 0 radical (unpaired) electrons. The Bertz CT molecular complexity index is 1530. The molecule has 4 aromatic carbocycles. The van der Waals surface area contributed by atoms with Crippen molar-refractivity contribution in [3.8, 4) is 0 Å². The number of amides is 2. The van der Waals surface area contributed by atoms with Gasteiger partial charge in [0.2, 0.25) is 5.91 Å². The number of carboxylic acid groups (broad SMARTS) is 2. The Morgan fingerprint density at radius 2 is 1.35 bits per heavy atom. The maximum absolute atomic E-state index is 13.1. The van der Waals surface area contributed by atoms with Gasteiger partial charge in [-0.15, -0.1) is 11.8 Å². The Morgan fingerprint density at radius 1 is 0.730 bits per heavy atom. The van der Waals surface area contributed by atoms with Crippen LogP contribution in [0.4, 0.5) is 11.4 Å². The number of thioether (sulfide) groups is 1. The van der Waals surface area contributed by atoms with E-state index in [1.807, 2.05) is 0 Å². The molecule has 0 bridgehead atoms. The second kappa shape index (κ2) is 11.0. The molecule has 0 aromatic heterocycles. The number of hydrogen-bond acceptors (Lipinski definition) is 5. The van der Waals surface area contributed by atoms with Crippen LogP contribution in [0.15, 0.2) is 89.8 Å². The molecule has 4 rings (SSSR count). The van der Waals surface area contributed by atoms with Gasteiger partial charge in [-0.2, -0.15) is 0 Å². The van der Waals surface area contributed by atoms with Crippen LogP contribution in [-0.2, 0) is 4.79 Å². The largest absolute Gasteiger partial charge is 0.478 e. The maximum atomic E-state index is 13.1. The number of carboxylic acids is 2. The molecule has 0 aliphatic rings. The predicted molar refractivity (Wildman–Crippen MR) is 143 cm³/mol. The van der Waals surface area contributed by atoms with Crippen molar-refractivity contribution >= 4 is 57.7 Å². The van der Waals surface area contributed by atoms with Crippen molar-refractivity contribution in [2.75, 3.05) is 10.6 Å². The number of rotatable bonds is 8. The average Bonchev–Trinajstić information content (AvgIpc) is 2.88. The number of nitrogens with one attached hydrogen (secondary N) is 2. The summed E-state index contributed by atoms with van der Waals surface area (Å²) in [5, 5.41) is 24.7. The smallest absolute Gasteiger partial charge is 0.336 e. The van der Waals surface area contributed by atoms with E-state index in [4.69, 9.17) is 5.11 Å². The molecule has 0 heterocycles. The molecule has 4 aromatic rings. The third kappa shape index (κ3) is 5.96. The average molecular weight is 515 g/mol. The number of carbonyl (C=O) groups excluding carboxylic acids is 2. The zero-order valence-electron chi connectivity index (χ0n) is 19.6. The number of carbonyl (C=O) groups is 4. The van der Waals surface area contributed by atoms with Crippen LogP contribution in [-0.4, -0.2) is 39.2 Å². The Balaban J connectivity index is 1.48. The third-order valence-electron chi connectivity index (χ3n) is 5.53. The lowest BCUT2D eigenvalue weighted by molar-refractivity contribution is -0.115. The lowest BCUT2D eigenvalue weighted by Crippen LogP contribution is -2.22. The summed E-state index contributed by atoms with van der Waals surface area (Å²) in [5.41, 5.74) is 1.23. The first-order valence-corrected chi connectivity index (χ1v) is 12.1. The minimum absolute atomic E-state index is 0.0429. The summed E-state index contributed by atoms with van der Waals surface area (Å²) in [5.74, 6) is -2.96. The van der Waals surface area contributed by atoms with Crippen LogP contribution in [0.1, 0.15) is 38.0 Å². The monoisotopic (exact) mass is 514 g/mol. The van der Waals surface area contributed by atoms with E-state index in [1.54, 1.807) is 73.7 Å². The topological polar surface area (TPSA) is 133 Å². The highest BCUT2D eigenvalue weighted by Gasteiger charge is 2.18. The van der Waals surface area contributed by atoms with E-state index in [0.29, 0.717) is 22.1 Å². The van der Waals surface area contributed by atoms with Crippen molar-refractivity contribution in [1.82, 2.24) is 0 Å². The minimum Gasteiger partial charge on any atom is -0.478 e. The fraction of sp³-hybridized carbons (Fsp3) is 0.0714. The Kier molecular flexibility index (Phi) is 7.55. The van der Waals surface area contributed by atoms with Gasteiger partial charge in [-0.3, -0.25) is 9.59 Å². The lowest BCUT2D eigenvalue weighted by atomic mass is 9.98. The third-order valence-corrected chi connectivity index (χ3v) is 6.62. The highest BCUT2D eigenvalue weighted by molar-refractivity contribution is 8.00. The van der Waals surface area contributed by atoms with E-state index in [2.05, 4.69) is 10.6 Å². The molecule has 2 amide bonds. The van der Waals surface area contributed by atoms with Crippen molar-refractivity contribution in [3.63, 3.8) is 0 Å². The molecule has 37 heavy (non-hydrogen) atoms. The van der Waals surface area contributed by atoms with Crippen LogP contribution >= 0.6 is 11.8 Å². The molecule has 0 fully saturated rings. The van der Waals surface area contributed by atoms with Gasteiger partial charge in [-0.05, 0) is 60.8 Å². The predicted octanol–water partition coefficient (Wildman–Crippen LogP) is 5.61. The maximum Gasteiger partial charge on any atom is 0.336 e. The minimum atomic E-state index is -1.12. The molecule has 8 nitrogen and oxygen atoms in total. The summed E-state index contributed by atoms with van der Waals surface area (Å²) < 4.78 is 0. The van der Waals surface area contributed by atoms with E-state index >= 15 is 0 Å². The van der Waals surface area contributed by atoms with Gasteiger partial charge < -0.3 is 20.8 Å². The summed E-state index contributed by atoms with van der Waals surface area (Å²) in [6.07, 6.45) is 0. The molecule has 0 aliphatic carbocycles. The first kappa shape index (κ1) is 25.5. The zero-order chi connectivity index (χ0) is 26.5. The summed E-state index contributed by atoms with van der Waals surface area (Å²) in [4.78, 5) is 49.4. The van der Waals surface area contributed by atoms with Gasteiger partial charge >= 0.3 is 11.9 Å². The van der Waals surface area contributed by atoms with Gasteiger partial charge in [0.05, 0.1) is 16.4 Å². The summed E-state index contributed by atoms with van der Waals surface area (Å²) >= 11 is 1.27. The lowest BCUT2D eigenvalue weighted by Gasteiger charge is -2.14. The normalized spacial score (nSPS) is 11.5.